The minimum absolute atomic E-state index is 0.226. The Morgan fingerprint density at radius 3 is 1.30 bits per heavy atom. The van der Waals surface area contributed by atoms with Crippen molar-refractivity contribution < 1.29 is 28.0 Å². The summed E-state index contributed by atoms with van der Waals surface area (Å²) in [5.41, 5.74) is 4.23. The van der Waals surface area contributed by atoms with Crippen molar-refractivity contribution in [1.29, 1.82) is 0 Å². The van der Waals surface area contributed by atoms with E-state index in [2.05, 4.69) is 51.9 Å². The minimum Gasteiger partial charge on any atom is -0.341 e. The highest BCUT2D eigenvalue weighted by Gasteiger charge is 2.45. The van der Waals surface area contributed by atoms with E-state index in [0.29, 0.717) is 46.7 Å². The van der Waals surface area contributed by atoms with Crippen LogP contribution in [0.3, 0.4) is 0 Å². The molecule has 80 heavy (non-hydrogen) atoms. The van der Waals surface area contributed by atoms with Crippen molar-refractivity contribution in [3.05, 3.63) is 150 Å². The number of rotatable bonds is 23. The van der Waals surface area contributed by atoms with E-state index >= 15 is 0 Å². The second-order valence-corrected chi connectivity index (χ2v) is 22.8. The first-order chi connectivity index (χ1) is 38.0. The number of hydrogen-bond donors (Lipinski definition) is 6. The smallest absolute Gasteiger partial charge is 0.251 e. The van der Waals surface area contributed by atoms with Crippen LogP contribution in [-0.2, 0) is 55.7 Å². The molecule has 2 aliphatic heterocycles. The zero-order chi connectivity index (χ0) is 57.8. The predicted octanol–water partition coefficient (Wildman–Crippen LogP) is 5.01. The second-order valence-electron chi connectivity index (χ2n) is 22.8. The van der Waals surface area contributed by atoms with E-state index in [-0.39, 0.29) is 72.3 Å². The van der Waals surface area contributed by atoms with Crippen LogP contribution in [0.1, 0.15) is 138 Å². The number of carbonyl (C=O) groups excluding carboxylic acids is 4. The summed E-state index contributed by atoms with van der Waals surface area (Å²) in [5.74, 6) is -2.27. The van der Waals surface area contributed by atoms with Gasteiger partial charge in [0.1, 0.15) is 23.7 Å². The lowest BCUT2D eigenvalue weighted by Gasteiger charge is -2.30. The van der Waals surface area contributed by atoms with Gasteiger partial charge in [-0.2, -0.15) is 0 Å². The maximum atomic E-state index is 14.8. The van der Waals surface area contributed by atoms with Crippen molar-refractivity contribution in [2.24, 2.45) is 0 Å². The molecule has 0 radical (unpaired) electrons. The monoisotopic (exact) mass is 1100 g/mol. The molecule has 0 fully saturated rings. The number of anilines is 2. The predicted molar refractivity (Wildman–Crippen MR) is 300 cm³/mol. The fourth-order valence-corrected chi connectivity index (χ4v) is 10.5. The molecule has 20 nitrogen and oxygen atoms in total. The lowest BCUT2D eigenvalue weighted by Crippen LogP contribution is -2.55. The number of nitrogens with zero attached hydrogens (tertiary/aromatic N) is 8. The number of nitrogens with one attached hydrogen (secondary N) is 6. The molecule has 4 amide bonds. The first kappa shape index (κ1) is 58.4. The first-order valence-electron chi connectivity index (χ1n) is 27.4. The zero-order valence-corrected chi connectivity index (χ0v) is 47.2. The summed E-state index contributed by atoms with van der Waals surface area (Å²) in [6, 6.07) is 10.6. The average molecular weight is 1100 g/mol. The molecule has 426 valence electrons. The average Bonchev–Trinajstić information content (AvgIpc) is 4.43. The molecule has 2 aromatic carbocycles. The maximum Gasteiger partial charge on any atom is 0.251 e. The summed E-state index contributed by atoms with van der Waals surface area (Å²) in [6.07, 6.45) is 8.66. The van der Waals surface area contributed by atoms with Crippen molar-refractivity contribution >= 4 is 35.0 Å². The SMILES string of the molecule is CN[C@@H](C)C(=O)N[C@H](C(=O)N1CC(C)(C)c2[nH]c(=O)c(Cc3ccc(F)cc3)cc21)[C@H](C)n1cc(CCCCCCc2cn([C@@H](C)[C@H](NC(=O)[C@H](C)NC)C(=O)N3CC(C)(C)c4[nH]c(=O)c(Cc5ccc(F)cc5)cc43)nn2)nn1. The van der Waals surface area contributed by atoms with E-state index < -0.39 is 47.1 Å². The van der Waals surface area contributed by atoms with E-state index in [4.69, 9.17) is 0 Å². The number of amides is 4. The molecule has 0 bridgehead atoms. The number of fused-ring (bicyclic) bond motifs is 2. The van der Waals surface area contributed by atoms with Gasteiger partial charge in [0.15, 0.2) is 0 Å². The third-order valence-corrected chi connectivity index (χ3v) is 15.7. The van der Waals surface area contributed by atoms with Crippen LogP contribution in [0.15, 0.2) is 82.6 Å². The number of carbonyl (C=O) groups is 4. The van der Waals surface area contributed by atoms with Gasteiger partial charge < -0.3 is 41.0 Å². The number of likely N-dealkylation sites (N-methyl/N-ethyl adjacent to an activating group) is 2. The van der Waals surface area contributed by atoms with Gasteiger partial charge in [0.05, 0.1) is 46.9 Å². The quantitative estimate of drug-likeness (QED) is 0.0464. The number of halogens is 2. The summed E-state index contributed by atoms with van der Waals surface area (Å²) in [5, 5.41) is 29.5. The van der Waals surface area contributed by atoms with E-state index in [9.17, 15) is 37.5 Å². The molecular formula is C58H74F2N14O6. The van der Waals surface area contributed by atoms with Crippen molar-refractivity contribution in [3.63, 3.8) is 0 Å². The van der Waals surface area contributed by atoms with Gasteiger partial charge in [0.2, 0.25) is 11.8 Å². The molecule has 0 saturated carbocycles. The van der Waals surface area contributed by atoms with Crippen LogP contribution in [-0.4, -0.2) is 115 Å². The number of unbranched alkanes of at least 4 members (excludes halogenated alkanes) is 3. The molecule has 4 aromatic heterocycles. The number of aryl methyl sites for hydroxylation is 2. The number of pyridine rings is 2. The number of aromatic nitrogens is 8. The van der Waals surface area contributed by atoms with Crippen molar-refractivity contribution in [2.75, 3.05) is 37.0 Å². The lowest BCUT2D eigenvalue weighted by molar-refractivity contribution is -0.129. The van der Waals surface area contributed by atoms with E-state index in [1.807, 2.05) is 41.5 Å². The van der Waals surface area contributed by atoms with E-state index in [0.717, 1.165) is 48.2 Å². The van der Waals surface area contributed by atoms with Crippen LogP contribution in [0.2, 0.25) is 0 Å². The first-order valence-corrected chi connectivity index (χ1v) is 27.4. The molecule has 6 atom stereocenters. The Hall–Kier alpha value is -7.72. The Bertz CT molecular complexity index is 3110. The molecule has 6 N–H and O–H groups in total. The highest BCUT2D eigenvalue weighted by Crippen LogP contribution is 2.41. The lowest BCUT2D eigenvalue weighted by atomic mass is 9.91. The Morgan fingerprint density at radius 1 is 0.588 bits per heavy atom. The molecule has 0 saturated heterocycles. The fourth-order valence-electron chi connectivity index (χ4n) is 10.5. The third kappa shape index (κ3) is 13.0. The van der Waals surface area contributed by atoms with Gasteiger partial charge in [-0.15, -0.1) is 10.2 Å². The minimum atomic E-state index is -1.06. The van der Waals surface area contributed by atoms with Crippen molar-refractivity contribution in [3.8, 4) is 0 Å². The highest BCUT2D eigenvalue weighted by molar-refractivity contribution is 6.03. The molecular weight excluding hydrogens is 1030 g/mol. The Morgan fingerprint density at radius 2 is 0.950 bits per heavy atom. The van der Waals surface area contributed by atoms with Gasteiger partial charge in [-0.1, -0.05) is 75.2 Å². The normalized spacial score (nSPS) is 16.6. The summed E-state index contributed by atoms with van der Waals surface area (Å²) >= 11 is 0. The number of aromatic amines is 2. The summed E-state index contributed by atoms with van der Waals surface area (Å²) in [4.78, 5) is 92.5. The van der Waals surface area contributed by atoms with Crippen molar-refractivity contribution in [1.82, 2.24) is 61.2 Å². The number of H-pyrrole nitrogens is 2. The van der Waals surface area contributed by atoms with Gasteiger partial charge in [-0.3, -0.25) is 28.8 Å². The molecule has 22 heteroatoms. The summed E-state index contributed by atoms with van der Waals surface area (Å²) in [6.45, 7) is 15.3. The van der Waals surface area contributed by atoms with Gasteiger partial charge in [0, 0.05) is 71.7 Å². The molecule has 0 aliphatic carbocycles. The molecule has 0 unspecified atom stereocenters. The van der Waals surface area contributed by atoms with Crippen LogP contribution < -0.4 is 42.2 Å². The molecule has 8 rings (SSSR count). The zero-order valence-electron chi connectivity index (χ0n) is 47.2. The molecule has 6 heterocycles. The van der Waals surface area contributed by atoms with Crippen LogP contribution in [0.25, 0.3) is 0 Å². The molecule has 6 aromatic rings. The largest absolute Gasteiger partial charge is 0.341 e. The van der Waals surface area contributed by atoms with Crippen molar-refractivity contribution in [2.45, 2.75) is 154 Å². The molecule has 0 spiro atoms. The summed E-state index contributed by atoms with van der Waals surface area (Å²) in [7, 11) is 3.32. The van der Waals surface area contributed by atoms with Gasteiger partial charge in [-0.05, 0) is 115 Å². The number of hydrogen-bond acceptors (Lipinski definition) is 12. The summed E-state index contributed by atoms with van der Waals surface area (Å²) < 4.78 is 30.6. The Balaban J connectivity index is 0.891. The van der Waals surface area contributed by atoms with Gasteiger partial charge in [0.25, 0.3) is 22.9 Å². The van der Waals surface area contributed by atoms with Gasteiger partial charge in [-0.25, -0.2) is 18.1 Å². The fraction of sp³-hybridized carbons (Fsp3) is 0.483. The number of benzene rings is 2. The Kier molecular flexibility index (Phi) is 17.8. The maximum absolute atomic E-state index is 14.8. The van der Waals surface area contributed by atoms with Crippen LogP contribution in [0.5, 0.6) is 0 Å². The Labute approximate surface area is 463 Å². The van der Waals surface area contributed by atoms with Crippen LogP contribution in [0.4, 0.5) is 20.2 Å². The van der Waals surface area contributed by atoms with Crippen LogP contribution >= 0.6 is 0 Å². The van der Waals surface area contributed by atoms with E-state index in [1.54, 1.807) is 95.9 Å². The topological polar surface area (TPSA) is 250 Å². The third-order valence-electron chi connectivity index (χ3n) is 15.7. The van der Waals surface area contributed by atoms with E-state index in [1.165, 1.54) is 24.3 Å². The molecule has 2 aliphatic rings. The van der Waals surface area contributed by atoms with Gasteiger partial charge >= 0.3 is 0 Å². The highest BCUT2D eigenvalue weighted by atomic mass is 19.1. The second kappa shape index (κ2) is 24.3. The standard InChI is InChI=1S/C58H74F2N14O6/c1-33(61-9)51(75)63-47(55(79)71-31-57(5,6)49-45(71)27-39(53(77)65-49)25-37-17-21-41(59)22-18-37)35(3)73-29-43(67-69-73)15-13-11-12-14-16-44-30-74(70-68-44)36(4)48(64-52(76)34(2)62-10)56(80)72-32-58(7,8)50-46(72)28-40(54(78)66-50)26-38-19-23-42(60)24-20-38/h17-24,27-30,33-36,47-48,61-62H,11-16,25-26,31-32H2,1-10H3,(H,63,75)(H,64,76)(H,65,77)(H,66,78)/t33-,34-,35-,36-,47-,48-/m0/s1. The van der Waals surface area contributed by atoms with Crippen LogP contribution in [0, 0.1) is 11.6 Å².